The molecule has 0 aromatic heterocycles. The summed E-state index contributed by atoms with van der Waals surface area (Å²) in [5.74, 6) is 0. The Morgan fingerprint density at radius 2 is 0.581 bits per heavy atom. The molecule has 0 N–H and O–H groups in total. The van der Waals surface area contributed by atoms with E-state index in [0.29, 0.717) is 0 Å². The molecule has 0 heterocycles. The second-order valence-electron chi connectivity index (χ2n) is 10.6. The average molecular weight is 585 g/mol. The Kier molecular flexibility index (Phi) is 26.9. The van der Waals surface area contributed by atoms with Crippen LogP contribution in [0.2, 0.25) is 19.1 Å². The summed E-state index contributed by atoms with van der Waals surface area (Å²) in [5.41, 5.74) is 0. The summed E-state index contributed by atoms with van der Waals surface area (Å²) in [6, 6.07) is 1.30. The molecule has 0 nitrogen and oxygen atoms in total. The molecule has 0 aliphatic rings. The maximum Gasteiger partial charge on any atom is 0.150 e. The molecule has 0 aliphatic heterocycles. The van der Waals surface area contributed by atoms with E-state index >= 15 is 0 Å². The Hall–Kier alpha value is 1.24. The molecule has 0 bridgehead atoms. The first-order chi connectivity index (χ1) is 15.1. The monoisotopic (exact) mass is 584 g/mol. The number of hydrogen-bond acceptors (Lipinski definition) is 0. The molecule has 0 radical (unpaired) electrons. The molecule has 0 atom stereocenters. The molecule has 0 fully saturated rings. The minimum Gasteiger partial charge on any atom is -0.168 e. The van der Waals surface area contributed by atoms with Crippen molar-refractivity contribution < 1.29 is 0 Å². The van der Waals surface area contributed by atoms with Crippen LogP contribution < -0.4 is 0 Å². The fourth-order valence-electron chi connectivity index (χ4n) is 4.53. The van der Waals surface area contributed by atoms with Crippen molar-refractivity contribution >= 4 is 41.1 Å². The maximum absolute atomic E-state index is 6.38. The van der Waals surface area contributed by atoms with E-state index in [1.165, 1.54) is 165 Å². The van der Waals surface area contributed by atoms with E-state index in [2.05, 4.69) is 35.7 Å². The van der Waals surface area contributed by atoms with Crippen molar-refractivity contribution in [3.05, 3.63) is 0 Å². The van der Waals surface area contributed by atoms with Crippen LogP contribution in [0, 0.1) is 0 Å². The number of halogens is 2. The quantitative estimate of drug-likeness (QED) is 0.0312. The van der Waals surface area contributed by atoms with Crippen LogP contribution in [0.25, 0.3) is 0 Å². The smallest absolute Gasteiger partial charge is 0.150 e. The van der Waals surface area contributed by atoms with E-state index in [4.69, 9.17) is 11.1 Å². The van der Waals surface area contributed by atoms with E-state index in [-0.39, 0.29) is 0 Å². The fourth-order valence-corrected chi connectivity index (χ4v) is 6.56. The highest BCUT2D eigenvalue weighted by molar-refractivity contribution is 14.1. The number of rotatable bonds is 26. The molecule has 0 rings (SSSR count). The zero-order chi connectivity index (χ0) is 22.9. The summed E-state index contributed by atoms with van der Waals surface area (Å²) >= 11 is 8.87. The Morgan fingerprint density at radius 1 is 0.387 bits per heavy atom. The minimum atomic E-state index is -1.30. The summed E-state index contributed by atoms with van der Waals surface area (Å²) < 4.78 is 1.34. The van der Waals surface area contributed by atoms with E-state index in [9.17, 15) is 0 Å². The van der Waals surface area contributed by atoms with Crippen LogP contribution in [0.3, 0.4) is 0 Å². The highest BCUT2D eigenvalue weighted by Gasteiger charge is 2.15. The van der Waals surface area contributed by atoms with Gasteiger partial charge in [0.05, 0.1) is 0 Å². The van der Waals surface area contributed by atoms with Gasteiger partial charge in [-0.05, 0) is 16.9 Å². The topological polar surface area (TPSA) is 0 Å². The van der Waals surface area contributed by atoms with Crippen LogP contribution in [0.15, 0.2) is 0 Å². The van der Waals surface area contributed by atoms with E-state index in [0.717, 1.165) is 0 Å². The Bertz CT molecular complexity index is 329. The van der Waals surface area contributed by atoms with Gasteiger partial charge in [-0.2, -0.15) is 11.1 Å². The molecule has 31 heavy (non-hydrogen) atoms. The number of alkyl halides is 1. The van der Waals surface area contributed by atoms with Gasteiger partial charge in [0.2, 0.25) is 0 Å². The fraction of sp³-hybridized carbons (Fsp3) is 1.00. The second kappa shape index (κ2) is 25.9. The van der Waals surface area contributed by atoms with Gasteiger partial charge in [-0.1, -0.05) is 183 Å². The third-order valence-corrected chi connectivity index (χ3v) is 9.53. The molecule has 0 spiro atoms. The Morgan fingerprint density at radius 3 is 0.774 bits per heavy atom. The maximum atomic E-state index is 6.38. The van der Waals surface area contributed by atoms with Crippen LogP contribution in [0.4, 0.5) is 0 Å². The van der Waals surface area contributed by atoms with Crippen LogP contribution >= 0.6 is 33.7 Å². The van der Waals surface area contributed by atoms with Crippen LogP contribution in [-0.4, -0.2) is 11.8 Å². The molecule has 0 saturated heterocycles. The van der Waals surface area contributed by atoms with Gasteiger partial charge in [0.25, 0.3) is 0 Å². The first-order valence-electron chi connectivity index (χ1n) is 14.3. The van der Waals surface area contributed by atoms with Gasteiger partial charge in [-0.3, -0.25) is 0 Å². The van der Waals surface area contributed by atoms with E-state index < -0.39 is 7.38 Å². The Balaban J connectivity index is 3.02. The first-order valence-corrected chi connectivity index (χ1v) is 20.1. The zero-order valence-corrected chi connectivity index (χ0v) is 25.6. The molecular weight excluding hydrogens is 527 g/mol. The lowest BCUT2D eigenvalue weighted by Crippen LogP contribution is -2.14. The normalized spacial score (nSPS) is 12.0. The highest BCUT2D eigenvalue weighted by atomic mass is 127. The summed E-state index contributed by atoms with van der Waals surface area (Å²) in [6.45, 7) is 4.54. The standard InChI is InChI=1S/C28H58ClISi/c1-31(2,29)28-26-24-22-20-18-16-14-12-10-8-6-4-3-5-7-9-11-13-15-17-19-21-23-25-27-30/h3-28H2,1-2H3. The summed E-state index contributed by atoms with van der Waals surface area (Å²) in [5, 5.41) is 0. The zero-order valence-electron chi connectivity index (χ0n) is 21.6. The van der Waals surface area contributed by atoms with Gasteiger partial charge < -0.3 is 0 Å². The Labute approximate surface area is 217 Å². The van der Waals surface area contributed by atoms with Gasteiger partial charge in [0.15, 0.2) is 0 Å². The lowest BCUT2D eigenvalue weighted by Gasteiger charge is -2.11. The molecule has 188 valence electrons. The van der Waals surface area contributed by atoms with Gasteiger partial charge in [-0.25, -0.2) is 0 Å². The molecule has 0 unspecified atom stereocenters. The van der Waals surface area contributed by atoms with Crippen LogP contribution in [0.1, 0.15) is 154 Å². The second-order valence-corrected chi connectivity index (χ2v) is 18.7. The largest absolute Gasteiger partial charge is 0.168 e. The van der Waals surface area contributed by atoms with Crippen molar-refractivity contribution in [3.63, 3.8) is 0 Å². The van der Waals surface area contributed by atoms with Gasteiger partial charge in [0.1, 0.15) is 7.38 Å². The molecular formula is C28H58ClISi. The third-order valence-electron chi connectivity index (χ3n) is 6.65. The molecule has 0 amide bonds. The SMILES string of the molecule is C[Si](C)(Cl)CCCCCCCCCCCCCCCCCCCCCCCCCCI. The molecule has 0 aliphatic carbocycles. The van der Waals surface area contributed by atoms with Gasteiger partial charge >= 0.3 is 0 Å². The highest BCUT2D eigenvalue weighted by Crippen LogP contribution is 2.20. The van der Waals surface area contributed by atoms with Crippen molar-refractivity contribution in [2.45, 2.75) is 173 Å². The third kappa shape index (κ3) is 31.2. The number of unbranched alkanes of at least 4 members (excludes halogenated alkanes) is 23. The van der Waals surface area contributed by atoms with Gasteiger partial charge in [0, 0.05) is 0 Å². The molecule has 0 aromatic carbocycles. The predicted molar refractivity (Wildman–Crippen MR) is 158 cm³/mol. The van der Waals surface area contributed by atoms with Crippen molar-refractivity contribution in [2.75, 3.05) is 4.43 Å². The van der Waals surface area contributed by atoms with E-state index in [1.807, 2.05) is 0 Å². The lowest BCUT2D eigenvalue weighted by atomic mass is 10.0. The molecule has 3 heteroatoms. The molecule has 0 aromatic rings. The minimum absolute atomic E-state index is 1.30. The summed E-state index contributed by atoms with van der Waals surface area (Å²) in [4.78, 5) is 0. The van der Waals surface area contributed by atoms with Crippen molar-refractivity contribution in [1.82, 2.24) is 0 Å². The summed E-state index contributed by atoms with van der Waals surface area (Å²) in [6.07, 6.45) is 35.2. The predicted octanol–water partition coefficient (Wildman–Crippen LogP) is 12.2. The van der Waals surface area contributed by atoms with Crippen LogP contribution in [-0.2, 0) is 0 Å². The van der Waals surface area contributed by atoms with Crippen molar-refractivity contribution in [1.29, 1.82) is 0 Å². The first kappa shape index (κ1) is 32.2. The molecule has 0 saturated carbocycles. The lowest BCUT2D eigenvalue weighted by molar-refractivity contribution is 0.518. The van der Waals surface area contributed by atoms with Crippen molar-refractivity contribution in [3.8, 4) is 0 Å². The average Bonchev–Trinajstić information content (AvgIpc) is 2.73. The van der Waals surface area contributed by atoms with Gasteiger partial charge in [-0.15, -0.1) is 0 Å². The van der Waals surface area contributed by atoms with Crippen LogP contribution in [0.5, 0.6) is 0 Å². The van der Waals surface area contributed by atoms with E-state index in [1.54, 1.807) is 0 Å². The number of hydrogen-bond donors (Lipinski definition) is 0. The summed E-state index contributed by atoms with van der Waals surface area (Å²) in [7, 11) is -1.30. The van der Waals surface area contributed by atoms with Crippen molar-refractivity contribution in [2.24, 2.45) is 0 Å².